The molecule has 100 valence electrons. The number of aryl methyl sites for hydroxylation is 2. The number of nitrogens with two attached hydrogens (primary N) is 1. The van der Waals surface area contributed by atoms with E-state index in [9.17, 15) is 0 Å². The van der Waals surface area contributed by atoms with Gasteiger partial charge < -0.3 is 5.73 Å². The molecule has 0 fully saturated rings. The number of hydrogen-bond acceptors (Lipinski definition) is 1. The Morgan fingerprint density at radius 3 is 2.42 bits per heavy atom. The summed E-state index contributed by atoms with van der Waals surface area (Å²) in [6.45, 7) is 5.06. The molecule has 0 radical (unpaired) electrons. The van der Waals surface area contributed by atoms with E-state index in [0.29, 0.717) is 5.92 Å². The van der Waals surface area contributed by atoms with Crippen LogP contribution in [0.1, 0.15) is 22.3 Å². The lowest BCUT2D eigenvalue weighted by Crippen LogP contribution is -2.19. The van der Waals surface area contributed by atoms with Crippen LogP contribution in [0.15, 0.2) is 48.5 Å². The van der Waals surface area contributed by atoms with Crippen molar-refractivity contribution in [1.82, 2.24) is 0 Å². The summed E-state index contributed by atoms with van der Waals surface area (Å²) < 4.78 is 0. The zero-order chi connectivity index (χ0) is 13.7. The van der Waals surface area contributed by atoms with E-state index in [-0.39, 0.29) is 0 Å². The van der Waals surface area contributed by atoms with Crippen molar-refractivity contribution in [2.24, 2.45) is 11.7 Å². The molecular formula is C18H23N. The second-order valence-electron chi connectivity index (χ2n) is 5.43. The fraction of sp³-hybridized carbons (Fsp3) is 0.333. The SMILES string of the molecule is Cc1cccc(CC(CN)Cc2ccccc2C)c1. The molecule has 0 saturated carbocycles. The van der Waals surface area contributed by atoms with Crippen LogP contribution < -0.4 is 5.73 Å². The van der Waals surface area contributed by atoms with Gasteiger partial charge in [-0.3, -0.25) is 0 Å². The molecule has 1 atom stereocenters. The molecule has 2 aromatic carbocycles. The van der Waals surface area contributed by atoms with Crippen LogP contribution in [0.25, 0.3) is 0 Å². The Morgan fingerprint density at radius 1 is 0.947 bits per heavy atom. The monoisotopic (exact) mass is 253 g/mol. The highest BCUT2D eigenvalue weighted by atomic mass is 14.5. The van der Waals surface area contributed by atoms with Crippen LogP contribution in [0, 0.1) is 19.8 Å². The molecule has 1 heteroatoms. The highest BCUT2D eigenvalue weighted by Gasteiger charge is 2.10. The molecular weight excluding hydrogens is 230 g/mol. The van der Waals surface area contributed by atoms with Crippen LogP contribution in [0.3, 0.4) is 0 Å². The Morgan fingerprint density at radius 2 is 1.74 bits per heavy atom. The van der Waals surface area contributed by atoms with Crippen molar-refractivity contribution in [3.63, 3.8) is 0 Å². The Labute approximate surface area is 116 Å². The van der Waals surface area contributed by atoms with Gasteiger partial charge in [0.05, 0.1) is 0 Å². The van der Waals surface area contributed by atoms with Crippen molar-refractivity contribution in [3.8, 4) is 0 Å². The van der Waals surface area contributed by atoms with Gasteiger partial charge in [0, 0.05) is 0 Å². The van der Waals surface area contributed by atoms with Crippen molar-refractivity contribution in [2.75, 3.05) is 6.54 Å². The summed E-state index contributed by atoms with van der Waals surface area (Å²) >= 11 is 0. The van der Waals surface area contributed by atoms with Crippen LogP contribution in [0.4, 0.5) is 0 Å². The molecule has 0 saturated heterocycles. The average molecular weight is 253 g/mol. The first kappa shape index (κ1) is 13.8. The van der Waals surface area contributed by atoms with E-state index in [0.717, 1.165) is 19.4 Å². The van der Waals surface area contributed by atoms with Crippen LogP contribution in [-0.4, -0.2) is 6.54 Å². The first-order valence-corrected chi connectivity index (χ1v) is 6.99. The Bertz CT molecular complexity index is 531. The predicted molar refractivity (Wildman–Crippen MR) is 82.3 cm³/mol. The first-order chi connectivity index (χ1) is 9.19. The lowest BCUT2D eigenvalue weighted by Gasteiger charge is -2.16. The van der Waals surface area contributed by atoms with E-state index in [1.54, 1.807) is 0 Å². The van der Waals surface area contributed by atoms with Gasteiger partial charge in [-0.1, -0.05) is 54.1 Å². The van der Waals surface area contributed by atoms with Gasteiger partial charge in [-0.2, -0.15) is 0 Å². The Kier molecular flexibility index (Phi) is 4.75. The fourth-order valence-corrected chi connectivity index (χ4v) is 2.56. The molecule has 0 aliphatic rings. The Hall–Kier alpha value is -1.60. The molecule has 0 amide bonds. The summed E-state index contributed by atoms with van der Waals surface area (Å²) in [5.74, 6) is 0.517. The van der Waals surface area contributed by atoms with Gasteiger partial charge >= 0.3 is 0 Å². The molecule has 2 N–H and O–H groups in total. The Balaban J connectivity index is 2.07. The molecule has 2 aromatic rings. The van der Waals surface area contributed by atoms with Crippen molar-refractivity contribution in [1.29, 1.82) is 0 Å². The van der Waals surface area contributed by atoms with E-state index in [4.69, 9.17) is 5.73 Å². The number of rotatable bonds is 5. The third-order valence-electron chi connectivity index (χ3n) is 3.71. The summed E-state index contributed by atoms with van der Waals surface area (Å²) in [6, 6.07) is 17.3. The molecule has 19 heavy (non-hydrogen) atoms. The van der Waals surface area contributed by atoms with Crippen LogP contribution >= 0.6 is 0 Å². The van der Waals surface area contributed by atoms with Gasteiger partial charge in [0.1, 0.15) is 0 Å². The lowest BCUT2D eigenvalue weighted by molar-refractivity contribution is 0.532. The van der Waals surface area contributed by atoms with E-state index >= 15 is 0 Å². The second-order valence-corrected chi connectivity index (χ2v) is 5.43. The minimum Gasteiger partial charge on any atom is -0.330 e. The molecule has 0 aromatic heterocycles. The molecule has 2 rings (SSSR count). The summed E-state index contributed by atoms with van der Waals surface area (Å²) in [6.07, 6.45) is 2.13. The zero-order valence-electron chi connectivity index (χ0n) is 11.9. The number of hydrogen-bond donors (Lipinski definition) is 1. The predicted octanol–water partition coefficient (Wildman–Crippen LogP) is 3.66. The molecule has 0 spiro atoms. The van der Waals surface area contributed by atoms with Crippen LogP contribution in [-0.2, 0) is 12.8 Å². The summed E-state index contributed by atoms with van der Waals surface area (Å²) in [5, 5.41) is 0. The first-order valence-electron chi connectivity index (χ1n) is 6.99. The highest BCUT2D eigenvalue weighted by Crippen LogP contribution is 2.17. The van der Waals surface area contributed by atoms with Crippen LogP contribution in [0.5, 0.6) is 0 Å². The second kappa shape index (κ2) is 6.53. The van der Waals surface area contributed by atoms with E-state index < -0.39 is 0 Å². The molecule has 0 bridgehead atoms. The third-order valence-corrected chi connectivity index (χ3v) is 3.71. The lowest BCUT2D eigenvalue weighted by atomic mass is 9.90. The highest BCUT2D eigenvalue weighted by molar-refractivity contribution is 5.27. The smallest absolute Gasteiger partial charge is 0.00425 e. The minimum absolute atomic E-state index is 0.517. The number of benzene rings is 2. The van der Waals surface area contributed by atoms with Gasteiger partial charge in [-0.15, -0.1) is 0 Å². The van der Waals surface area contributed by atoms with Gasteiger partial charge in [0.25, 0.3) is 0 Å². The fourth-order valence-electron chi connectivity index (χ4n) is 2.56. The maximum Gasteiger partial charge on any atom is -0.00425 e. The molecule has 0 heterocycles. The van der Waals surface area contributed by atoms with Gasteiger partial charge in [0.15, 0.2) is 0 Å². The summed E-state index contributed by atoms with van der Waals surface area (Å²) in [4.78, 5) is 0. The molecule has 0 aliphatic carbocycles. The van der Waals surface area contributed by atoms with Gasteiger partial charge in [-0.25, -0.2) is 0 Å². The molecule has 1 unspecified atom stereocenters. The van der Waals surface area contributed by atoms with E-state index in [2.05, 4.69) is 62.4 Å². The normalized spacial score (nSPS) is 12.4. The van der Waals surface area contributed by atoms with E-state index in [1.807, 2.05) is 0 Å². The van der Waals surface area contributed by atoms with Crippen molar-refractivity contribution in [3.05, 3.63) is 70.8 Å². The molecule has 0 aliphatic heterocycles. The molecule has 1 nitrogen and oxygen atoms in total. The summed E-state index contributed by atoms with van der Waals surface area (Å²) in [5.41, 5.74) is 11.5. The minimum atomic E-state index is 0.517. The van der Waals surface area contributed by atoms with Crippen LogP contribution in [0.2, 0.25) is 0 Å². The topological polar surface area (TPSA) is 26.0 Å². The van der Waals surface area contributed by atoms with E-state index in [1.165, 1.54) is 22.3 Å². The maximum absolute atomic E-state index is 5.96. The van der Waals surface area contributed by atoms with Crippen molar-refractivity contribution in [2.45, 2.75) is 26.7 Å². The van der Waals surface area contributed by atoms with Gasteiger partial charge in [-0.05, 0) is 55.8 Å². The van der Waals surface area contributed by atoms with Crippen molar-refractivity contribution >= 4 is 0 Å². The zero-order valence-corrected chi connectivity index (χ0v) is 11.9. The average Bonchev–Trinajstić information content (AvgIpc) is 2.40. The quantitative estimate of drug-likeness (QED) is 0.864. The summed E-state index contributed by atoms with van der Waals surface area (Å²) in [7, 11) is 0. The van der Waals surface area contributed by atoms with Crippen molar-refractivity contribution < 1.29 is 0 Å². The third kappa shape index (κ3) is 3.93. The largest absolute Gasteiger partial charge is 0.330 e. The maximum atomic E-state index is 5.96. The van der Waals surface area contributed by atoms with Gasteiger partial charge in [0.2, 0.25) is 0 Å². The standard InChI is InChI=1S/C18H23N/c1-14-6-5-8-16(10-14)11-17(13-19)12-18-9-4-3-7-15(18)2/h3-10,17H,11-13,19H2,1-2H3.